The standard InChI is InChI=1S/C6H8F3N.ClH/c1-2-3-4-10-5-6(7,8)9;/h1,10H,3-5H2;1H. The molecule has 0 heterocycles. The maximum absolute atomic E-state index is 11.4. The van der Waals surface area contributed by atoms with E-state index in [-0.39, 0.29) is 19.0 Å². The third-order valence-electron chi connectivity index (χ3n) is 0.772. The smallest absolute Gasteiger partial charge is 0.308 e. The van der Waals surface area contributed by atoms with E-state index in [1.807, 2.05) is 0 Å². The molecule has 66 valence electrons. The van der Waals surface area contributed by atoms with Crippen LogP contribution in [0.4, 0.5) is 13.2 Å². The Morgan fingerprint density at radius 2 is 1.91 bits per heavy atom. The van der Waals surface area contributed by atoms with Crippen molar-refractivity contribution in [1.29, 1.82) is 0 Å². The summed E-state index contributed by atoms with van der Waals surface area (Å²) >= 11 is 0. The van der Waals surface area contributed by atoms with Crippen LogP contribution in [0.15, 0.2) is 0 Å². The lowest BCUT2D eigenvalue weighted by Gasteiger charge is -2.05. The second kappa shape index (κ2) is 6.32. The minimum atomic E-state index is -4.13. The number of terminal acetylenes is 1. The largest absolute Gasteiger partial charge is 0.401 e. The molecule has 0 spiro atoms. The summed E-state index contributed by atoms with van der Waals surface area (Å²) in [7, 11) is 0. The molecule has 0 unspecified atom stereocenters. The van der Waals surface area contributed by atoms with E-state index in [1.54, 1.807) is 0 Å². The Hall–Kier alpha value is -0.400. The maximum Gasteiger partial charge on any atom is 0.401 e. The molecular formula is C6H9ClF3N. The predicted molar refractivity (Wildman–Crippen MR) is 39.6 cm³/mol. The first kappa shape index (κ1) is 13.2. The van der Waals surface area contributed by atoms with Crippen molar-refractivity contribution < 1.29 is 13.2 Å². The number of hydrogen-bond acceptors (Lipinski definition) is 1. The Balaban J connectivity index is 0. The molecule has 0 saturated carbocycles. The summed E-state index contributed by atoms with van der Waals surface area (Å²) in [4.78, 5) is 0. The van der Waals surface area contributed by atoms with Crippen LogP contribution in [0.5, 0.6) is 0 Å². The van der Waals surface area contributed by atoms with Gasteiger partial charge < -0.3 is 5.32 Å². The molecule has 0 aliphatic heterocycles. The van der Waals surface area contributed by atoms with Crippen LogP contribution in [-0.2, 0) is 0 Å². The Kier molecular flexibility index (Phi) is 7.59. The van der Waals surface area contributed by atoms with E-state index in [0.29, 0.717) is 6.42 Å². The van der Waals surface area contributed by atoms with Crippen LogP contribution in [0.3, 0.4) is 0 Å². The first-order valence-corrected chi connectivity index (χ1v) is 2.77. The van der Waals surface area contributed by atoms with Gasteiger partial charge in [-0.05, 0) is 0 Å². The van der Waals surface area contributed by atoms with Crippen molar-refractivity contribution in [1.82, 2.24) is 5.32 Å². The first-order chi connectivity index (χ1) is 4.56. The fourth-order valence-corrected chi connectivity index (χ4v) is 0.391. The van der Waals surface area contributed by atoms with Gasteiger partial charge in [0.05, 0.1) is 6.54 Å². The van der Waals surface area contributed by atoms with Crippen molar-refractivity contribution in [3.8, 4) is 12.3 Å². The maximum atomic E-state index is 11.4. The van der Waals surface area contributed by atoms with E-state index in [2.05, 4.69) is 11.2 Å². The van der Waals surface area contributed by atoms with Crippen LogP contribution >= 0.6 is 12.4 Å². The van der Waals surface area contributed by atoms with Gasteiger partial charge in [0.2, 0.25) is 0 Å². The molecule has 0 saturated heterocycles. The summed E-state index contributed by atoms with van der Waals surface area (Å²) in [5, 5.41) is 2.16. The van der Waals surface area contributed by atoms with Crippen molar-refractivity contribution in [2.45, 2.75) is 12.6 Å². The summed E-state index contributed by atoms with van der Waals surface area (Å²) in [6.07, 6.45) is 1.01. The first-order valence-electron chi connectivity index (χ1n) is 2.77. The predicted octanol–water partition coefficient (Wildman–Crippen LogP) is 1.58. The second-order valence-electron chi connectivity index (χ2n) is 1.75. The fourth-order valence-electron chi connectivity index (χ4n) is 0.391. The van der Waals surface area contributed by atoms with E-state index in [9.17, 15) is 13.2 Å². The summed E-state index contributed by atoms with van der Waals surface area (Å²) in [5.74, 6) is 2.22. The molecule has 0 aliphatic carbocycles. The van der Waals surface area contributed by atoms with Gasteiger partial charge in [-0.1, -0.05) is 0 Å². The molecule has 0 amide bonds. The van der Waals surface area contributed by atoms with Gasteiger partial charge in [0.1, 0.15) is 0 Å². The van der Waals surface area contributed by atoms with Crippen molar-refractivity contribution >= 4 is 12.4 Å². The molecule has 0 aliphatic rings. The number of nitrogens with one attached hydrogen (secondary N) is 1. The molecule has 0 aromatic heterocycles. The number of rotatable bonds is 3. The second-order valence-corrected chi connectivity index (χ2v) is 1.75. The van der Waals surface area contributed by atoms with Crippen molar-refractivity contribution in [3.05, 3.63) is 0 Å². The lowest BCUT2D eigenvalue weighted by atomic mass is 10.4. The minimum absolute atomic E-state index is 0. The number of hydrogen-bond donors (Lipinski definition) is 1. The lowest BCUT2D eigenvalue weighted by Crippen LogP contribution is -2.29. The van der Waals surface area contributed by atoms with Crippen LogP contribution in [0, 0.1) is 12.3 Å². The molecule has 0 radical (unpaired) electrons. The molecule has 0 atom stereocenters. The van der Waals surface area contributed by atoms with Crippen molar-refractivity contribution in [2.24, 2.45) is 0 Å². The highest BCUT2D eigenvalue weighted by Crippen LogP contribution is 2.11. The van der Waals surface area contributed by atoms with Crippen LogP contribution in [0.2, 0.25) is 0 Å². The average molecular weight is 188 g/mol. The van der Waals surface area contributed by atoms with E-state index in [4.69, 9.17) is 6.42 Å². The van der Waals surface area contributed by atoms with Gasteiger partial charge in [-0.3, -0.25) is 0 Å². The topological polar surface area (TPSA) is 12.0 Å². The van der Waals surface area contributed by atoms with E-state index in [1.165, 1.54) is 0 Å². The van der Waals surface area contributed by atoms with Crippen molar-refractivity contribution in [3.63, 3.8) is 0 Å². The zero-order chi connectivity index (χ0) is 8.04. The molecule has 1 nitrogen and oxygen atoms in total. The monoisotopic (exact) mass is 187 g/mol. The molecule has 0 fully saturated rings. The van der Waals surface area contributed by atoms with Crippen LogP contribution in [0.25, 0.3) is 0 Å². The summed E-state index contributed by atoms with van der Waals surface area (Å²) < 4.78 is 34.1. The van der Waals surface area contributed by atoms with Crippen molar-refractivity contribution in [2.75, 3.05) is 13.1 Å². The fraction of sp³-hybridized carbons (Fsp3) is 0.667. The lowest BCUT2D eigenvalue weighted by molar-refractivity contribution is -0.124. The van der Waals surface area contributed by atoms with Gasteiger partial charge >= 0.3 is 6.18 Å². The molecule has 0 aromatic carbocycles. The van der Waals surface area contributed by atoms with Gasteiger partial charge in [0.15, 0.2) is 0 Å². The third kappa shape index (κ3) is 12.7. The zero-order valence-electron chi connectivity index (χ0n) is 5.74. The molecule has 1 N–H and O–H groups in total. The number of alkyl halides is 3. The summed E-state index contributed by atoms with van der Waals surface area (Å²) in [6, 6.07) is 0. The van der Waals surface area contributed by atoms with Gasteiger partial charge in [0.25, 0.3) is 0 Å². The van der Waals surface area contributed by atoms with Gasteiger partial charge in [-0.15, -0.1) is 24.8 Å². The van der Waals surface area contributed by atoms with Gasteiger partial charge in [-0.2, -0.15) is 13.2 Å². The average Bonchev–Trinajstić information content (AvgIpc) is 1.78. The quantitative estimate of drug-likeness (QED) is 0.523. The van der Waals surface area contributed by atoms with Gasteiger partial charge in [0, 0.05) is 13.0 Å². The molecule has 11 heavy (non-hydrogen) atoms. The Bertz CT molecular complexity index is 127. The van der Waals surface area contributed by atoms with Crippen LogP contribution in [-0.4, -0.2) is 19.3 Å². The van der Waals surface area contributed by atoms with E-state index in [0.717, 1.165) is 0 Å². The molecule has 0 bridgehead atoms. The Morgan fingerprint density at radius 3 is 2.27 bits per heavy atom. The van der Waals surface area contributed by atoms with Crippen LogP contribution in [0.1, 0.15) is 6.42 Å². The zero-order valence-corrected chi connectivity index (χ0v) is 6.56. The Morgan fingerprint density at radius 1 is 1.36 bits per heavy atom. The third-order valence-corrected chi connectivity index (χ3v) is 0.772. The number of halogens is 4. The van der Waals surface area contributed by atoms with E-state index < -0.39 is 12.7 Å². The Labute approximate surface area is 69.8 Å². The molecule has 0 rings (SSSR count). The van der Waals surface area contributed by atoms with Gasteiger partial charge in [-0.25, -0.2) is 0 Å². The SMILES string of the molecule is C#CCCNCC(F)(F)F.Cl. The molecule has 5 heteroatoms. The van der Waals surface area contributed by atoms with Crippen LogP contribution < -0.4 is 5.32 Å². The summed E-state index contributed by atoms with van der Waals surface area (Å²) in [6.45, 7) is -0.745. The molecular weight excluding hydrogens is 179 g/mol. The summed E-state index contributed by atoms with van der Waals surface area (Å²) in [5.41, 5.74) is 0. The van der Waals surface area contributed by atoms with E-state index >= 15 is 0 Å². The highest BCUT2D eigenvalue weighted by atomic mass is 35.5. The minimum Gasteiger partial charge on any atom is -0.308 e. The molecule has 0 aromatic rings. The highest BCUT2D eigenvalue weighted by molar-refractivity contribution is 5.85. The normalized spacial score (nSPS) is 10.0. The highest BCUT2D eigenvalue weighted by Gasteiger charge is 2.25.